The van der Waals surface area contributed by atoms with Gasteiger partial charge in [0.05, 0.1) is 0 Å². The summed E-state index contributed by atoms with van der Waals surface area (Å²) in [6, 6.07) is 17.7. The summed E-state index contributed by atoms with van der Waals surface area (Å²) in [7, 11) is 0. The van der Waals surface area contributed by atoms with Crippen molar-refractivity contribution >= 4 is 5.69 Å². The van der Waals surface area contributed by atoms with Gasteiger partial charge in [-0.3, -0.25) is 0 Å². The molecule has 2 unspecified atom stereocenters. The van der Waals surface area contributed by atoms with Crippen LogP contribution in [0.3, 0.4) is 0 Å². The largest absolute Gasteiger partial charge is 0.379 e. The Morgan fingerprint density at radius 2 is 1.60 bits per heavy atom. The van der Waals surface area contributed by atoms with Crippen LogP contribution in [0, 0.1) is 6.92 Å². The minimum atomic E-state index is 0.325. The Kier molecular flexibility index (Phi) is 4.84. The molecule has 0 amide bonds. The molecule has 106 valence electrons. The number of hydrogen-bond donors (Lipinski definition) is 1. The van der Waals surface area contributed by atoms with Crippen LogP contribution in [0.1, 0.15) is 55.8 Å². The first kappa shape index (κ1) is 14.6. The van der Waals surface area contributed by atoms with E-state index in [-0.39, 0.29) is 0 Å². The van der Waals surface area contributed by atoms with Gasteiger partial charge in [-0.2, -0.15) is 0 Å². The predicted molar refractivity (Wildman–Crippen MR) is 88.4 cm³/mol. The second-order valence-electron chi connectivity index (χ2n) is 5.65. The fourth-order valence-electron chi connectivity index (χ4n) is 2.54. The molecule has 1 heteroatoms. The molecule has 0 aromatic heterocycles. The lowest BCUT2D eigenvalue weighted by atomic mass is 9.98. The monoisotopic (exact) mass is 267 g/mol. The van der Waals surface area contributed by atoms with E-state index in [1.165, 1.54) is 28.8 Å². The number of nitrogens with one attached hydrogen (secondary N) is 1. The SMILES string of the molecule is CCC(C)c1ccc(NC(C)c2ccccc2C)cc1. The zero-order valence-electron chi connectivity index (χ0n) is 13.0. The molecule has 0 fully saturated rings. The highest BCUT2D eigenvalue weighted by Gasteiger charge is 2.08. The molecule has 2 aromatic carbocycles. The first-order valence-corrected chi connectivity index (χ1v) is 7.53. The van der Waals surface area contributed by atoms with Crippen LogP contribution >= 0.6 is 0 Å². The van der Waals surface area contributed by atoms with Gasteiger partial charge in [0, 0.05) is 11.7 Å². The van der Waals surface area contributed by atoms with Crippen molar-refractivity contribution in [3.8, 4) is 0 Å². The molecule has 0 saturated heterocycles. The average Bonchev–Trinajstić information content (AvgIpc) is 2.47. The quantitative estimate of drug-likeness (QED) is 0.734. The number of hydrogen-bond acceptors (Lipinski definition) is 1. The molecule has 0 aliphatic rings. The molecule has 0 radical (unpaired) electrons. The Balaban J connectivity index is 2.08. The lowest BCUT2D eigenvalue weighted by molar-refractivity contribution is 0.733. The van der Waals surface area contributed by atoms with Crippen LogP contribution in [0.4, 0.5) is 5.69 Å². The van der Waals surface area contributed by atoms with Crippen molar-refractivity contribution in [2.24, 2.45) is 0 Å². The van der Waals surface area contributed by atoms with Gasteiger partial charge in [-0.1, -0.05) is 50.2 Å². The minimum absolute atomic E-state index is 0.325. The third-order valence-electron chi connectivity index (χ3n) is 4.13. The van der Waals surface area contributed by atoms with Gasteiger partial charge in [0.2, 0.25) is 0 Å². The minimum Gasteiger partial charge on any atom is -0.379 e. The van der Waals surface area contributed by atoms with Crippen molar-refractivity contribution in [1.29, 1.82) is 0 Å². The highest BCUT2D eigenvalue weighted by atomic mass is 14.9. The molecule has 0 spiro atoms. The summed E-state index contributed by atoms with van der Waals surface area (Å²) in [6.45, 7) is 8.89. The van der Waals surface area contributed by atoms with Crippen LogP contribution < -0.4 is 5.32 Å². The number of anilines is 1. The average molecular weight is 267 g/mol. The second kappa shape index (κ2) is 6.60. The molecule has 0 bridgehead atoms. The van der Waals surface area contributed by atoms with Gasteiger partial charge < -0.3 is 5.32 Å². The summed E-state index contributed by atoms with van der Waals surface area (Å²) < 4.78 is 0. The summed E-state index contributed by atoms with van der Waals surface area (Å²) in [5.41, 5.74) is 5.30. The van der Waals surface area contributed by atoms with Crippen LogP contribution in [0.5, 0.6) is 0 Å². The van der Waals surface area contributed by atoms with Gasteiger partial charge in [-0.15, -0.1) is 0 Å². The smallest absolute Gasteiger partial charge is 0.0488 e. The Morgan fingerprint density at radius 3 is 2.20 bits per heavy atom. The lowest BCUT2D eigenvalue weighted by Crippen LogP contribution is -2.08. The molecule has 20 heavy (non-hydrogen) atoms. The van der Waals surface area contributed by atoms with E-state index in [9.17, 15) is 0 Å². The zero-order chi connectivity index (χ0) is 14.5. The maximum Gasteiger partial charge on any atom is 0.0488 e. The van der Waals surface area contributed by atoms with Gasteiger partial charge in [-0.05, 0) is 55.0 Å². The Labute approximate surface area is 123 Å². The van der Waals surface area contributed by atoms with Gasteiger partial charge in [0.15, 0.2) is 0 Å². The van der Waals surface area contributed by atoms with Crippen molar-refractivity contribution in [3.63, 3.8) is 0 Å². The van der Waals surface area contributed by atoms with E-state index in [2.05, 4.69) is 81.5 Å². The van der Waals surface area contributed by atoms with Gasteiger partial charge in [0.25, 0.3) is 0 Å². The fourth-order valence-corrected chi connectivity index (χ4v) is 2.54. The van der Waals surface area contributed by atoms with E-state index in [1.54, 1.807) is 0 Å². The molecule has 0 aliphatic carbocycles. The summed E-state index contributed by atoms with van der Waals surface area (Å²) >= 11 is 0. The molecule has 2 atom stereocenters. The van der Waals surface area contributed by atoms with Crippen LogP contribution in [-0.4, -0.2) is 0 Å². The first-order chi connectivity index (χ1) is 9.61. The highest BCUT2D eigenvalue weighted by Crippen LogP contribution is 2.24. The topological polar surface area (TPSA) is 12.0 Å². The summed E-state index contributed by atoms with van der Waals surface area (Å²) in [6.07, 6.45) is 1.19. The van der Waals surface area contributed by atoms with Crippen molar-refractivity contribution in [1.82, 2.24) is 0 Å². The fraction of sp³-hybridized carbons (Fsp3) is 0.368. The molecular formula is C19H25N. The third-order valence-corrected chi connectivity index (χ3v) is 4.13. The molecule has 2 rings (SSSR count). The molecule has 1 N–H and O–H groups in total. The van der Waals surface area contributed by atoms with Gasteiger partial charge in [-0.25, -0.2) is 0 Å². The summed E-state index contributed by atoms with van der Waals surface area (Å²) in [4.78, 5) is 0. The van der Waals surface area contributed by atoms with Crippen LogP contribution in [0.25, 0.3) is 0 Å². The van der Waals surface area contributed by atoms with E-state index >= 15 is 0 Å². The number of rotatable bonds is 5. The Hall–Kier alpha value is -1.76. The van der Waals surface area contributed by atoms with Crippen LogP contribution in [0.2, 0.25) is 0 Å². The van der Waals surface area contributed by atoms with Crippen molar-refractivity contribution in [2.45, 2.75) is 46.1 Å². The molecule has 0 heterocycles. The summed E-state index contributed by atoms with van der Waals surface area (Å²) in [5.74, 6) is 0.637. The Morgan fingerprint density at radius 1 is 0.950 bits per heavy atom. The zero-order valence-corrected chi connectivity index (χ0v) is 13.0. The molecule has 1 nitrogen and oxygen atoms in total. The number of benzene rings is 2. The van der Waals surface area contributed by atoms with Crippen LogP contribution in [-0.2, 0) is 0 Å². The highest BCUT2D eigenvalue weighted by molar-refractivity contribution is 5.47. The molecule has 2 aromatic rings. The molecule has 0 aliphatic heterocycles. The van der Waals surface area contributed by atoms with E-state index in [0.717, 1.165) is 0 Å². The standard InChI is InChI=1S/C19H25N/c1-5-14(2)17-10-12-18(13-11-17)20-16(4)19-9-7-6-8-15(19)3/h6-14,16,20H,5H2,1-4H3. The molecule has 0 saturated carbocycles. The normalized spacial score (nSPS) is 13.8. The second-order valence-corrected chi connectivity index (χ2v) is 5.65. The maximum atomic E-state index is 3.58. The maximum absolute atomic E-state index is 3.58. The van der Waals surface area contributed by atoms with Crippen LogP contribution in [0.15, 0.2) is 48.5 Å². The first-order valence-electron chi connectivity index (χ1n) is 7.53. The van der Waals surface area contributed by atoms with E-state index in [0.29, 0.717) is 12.0 Å². The van der Waals surface area contributed by atoms with Gasteiger partial charge >= 0.3 is 0 Å². The predicted octanol–water partition coefficient (Wildman–Crippen LogP) is 5.68. The van der Waals surface area contributed by atoms with Crippen molar-refractivity contribution in [3.05, 3.63) is 65.2 Å². The van der Waals surface area contributed by atoms with E-state index in [1.807, 2.05) is 0 Å². The van der Waals surface area contributed by atoms with Crippen molar-refractivity contribution < 1.29 is 0 Å². The van der Waals surface area contributed by atoms with E-state index in [4.69, 9.17) is 0 Å². The van der Waals surface area contributed by atoms with Crippen molar-refractivity contribution in [2.75, 3.05) is 5.32 Å². The van der Waals surface area contributed by atoms with E-state index < -0.39 is 0 Å². The Bertz CT molecular complexity index is 542. The molecular weight excluding hydrogens is 242 g/mol. The number of aryl methyl sites for hydroxylation is 1. The third kappa shape index (κ3) is 3.41. The summed E-state index contributed by atoms with van der Waals surface area (Å²) in [5, 5.41) is 3.58. The van der Waals surface area contributed by atoms with Gasteiger partial charge in [0.1, 0.15) is 0 Å². The lowest BCUT2D eigenvalue weighted by Gasteiger charge is -2.18.